The van der Waals surface area contributed by atoms with Crippen LogP contribution in [0.3, 0.4) is 0 Å². The van der Waals surface area contributed by atoms with Crippen molar-refractivity contribution >= 4 is 37.5 Å². The normalized spacial score (nSPS) is 10.1. The maximum absolute atomic E-state index is 5.70. The number of hydrogen-bond donors (Lipinski definition) is 1. The molecule has 0 saturated heterocycles. The Morgan fingerprint density at radius 1 is 1.27 bits per heavy atom. The van der Waals surface area contributed by atoms with E-state index in [1.54, 1.807) is 0 Å². The van der Waals surface area contributed by atoms with Crippen LogP contribution in [0, 0.1) is 0 Å². The summed E-state index contributed by atoms with van der Waals surface area (Å²) < 4.78 is 2.06. The molecule has 1 nitrogen and oxygen atoms in total. The molecule has 0 aliphatic carbocycles. The van der Waals surface area contributed by atoms with Gasteiger partial charge < -0.3 is 5.73 Å². The van der Waals surface area contributed by atoms with Crippen LogP contribution >= 0.6 is 31.9 Å². The summed E-state index contributed by atoms with van der Waals surface area (Å²) in [6.07, 6.45) is 0.998. The maximum atomic E-state index is 5.70. The van der Waals surface area contributed by atoms with E-state index in [2.05, 4.69) is 38.8 Å². The Morgan fingerprint density at radius 2 is 1.91 bits per heavy atom. The predicted molar refractivity (Wildman–Crippen MR) is 55.6 cm³/mol. The highest BCUT2D eigenvalue weighted by atomic mass is 79.9. The Kier molecular flexibility index (Phi) is 2.96. The number of benzene rings is 1. The van der Waals surface area contributed by atoms with Crippen LogP contribution in [0.5, 0.6) is 0 Å². The lowest BCUT2D eigenvalue weighted by Crippen LogP contribution is -1.90. The van der Waals surface area contributed by atoms with Gasteiger partial charge in [-0.3, -0.25) is 0 Å². The van der Waals surface area contributed by atoms with E-state index < -0.39 is 0 Å². The highest BCUT2D eigenvalue weighted by molar-refractivity contribution is 9.11. The standard InChI is InChI=1S/C8H9Br2N/c1-2-5-3-8(11)7(10)4-6(5)9/h3-4H,2,11H2,1H3. The second-order valence-corrected chi connectivity index (χ2v) is 4.03. The first-order chi connectivity index (χ1) is 5.15. The highest BCUT2D eigenvalue weighted by Gasteiger charge is 2.01. The van der Waals surface area contributed by atoms with Crippen molar-refractivity contribution in [2.45, 2.75) is 13.3 Å². The highest BCUT2D eigenvalue weighted by Crippen LogP contribution is 2.27. The molecule has 0 unspecified atom stereocenters. The summed E-state index contributed by atoms with van der Waals surface area (Å²) in [7, 11) is 0. The van der Waals surface area contributed by atoms with Crippen LogP contribution in [-0.4, -0.2) is 0 Å². The molecule has 0 aliphatic heterocycles. The van der Waals surface area contributed by atoms with E-state index in [0.29, 0.717) is 0 Å². The lowest BCUT2D eigenvalue weighted by atomic mass is 10.1. The molecule has 0 amide bonds. The van der Waals surface area contributed by atoms with Crippen LogP contribution in [-0.2, 0) is 6.42 Å². The molecule has 1 aromatic carbocycles. The summed E-state index contributed by atoms with van der Waals surface area (Å²) in [6.45, 7) is 2.10. The van der Waals surface area contributed by atoms with Crippen molar-refractivity contribution in [2.24, 2.45) is 0 Å². The zero-order chi connectivity index (χ0) is 8.43. The zero-order valence-electron chi connectivity index (χ0n) is 6.20. The summed E-state index contributed by atoms with van der Waals surface area (Å²) in [5.41, 5.74) is 7.74. The number of aryl methyl sites for hydroxylation is 1. The second kappa shape index (κ2) is 3.59. The molecule has 11 heavy (non-hydrogen) atoms. The van der Waals surface area contributed by atoms with Crippen LogP contribution < -0.4 is 5.73 Å². The molecule has 60 valence electrons. The SMILES string of the molecule is CCc1cc(N)c(Br)cc1Br. The fourth-order valence-electron chi connectivity index (χ4n) is 0.884. The lowest BCUT2D eigenvalue weighted by Gasteiger charge is -2.04. The number of rotatable bonds is 1. The number of nitrogen functional groups attached to an aromatic ring is 1. The van der Waals surface area contributed by atoms with Crippen LogP contribution in [0.15, 0.2) is 21.1 Å². The van der Waals surface area contributed by atoms with Gasteiger partial charge in [-0.15, -0.1) is 0 Å². The van der Waals surface area contributed by atoms with Gasteiger partial charge in [-0.05, 0) is 40.0 Å². The maximum Gasteiger partial charge on any atom is 0.0462 e. The van der Waals surface area contributed by atoms with E-state index in [4.69, 9.17) is 5.73 Å². The summed E-state index contributed by atoms with van der Waals surface area (Å²) in [5, 5.41) is 0. The number of nitrogens with two attached hydrogens (primary N) is 1. The molecule has 0 spiro atoms. The molecule has 2 N–H and O–H groups in total. The molecule has 0 saturated carbocycles. The minimum Gasteiger partial charge on any atom is -0.398 e. The third-order valence-corrected chi connectivity index (χ3v) is 2.97. The monoisotopic (exact) mass is 277 g/mol. The quantitative estimate of drug-likeness (QED) is 0.784. The third-order valence-electron chi connectivity index (χ3n) is 1.55. The average Bonchev–Trinajstić information content (AvgIpc) is 1.97. The smallest absolute Gasteiger partial charge is 0.0462 e. The molecular weight excluding hydrogens is 270 g/mol. The molecule has 1 aromatic rings. The van der Waals surface area contributed by atoms with Crippen LogP contribution in [0.25, 0.3) is 0 Å². The van der Waals surface area contributed by atoms with E-state index in [0.717, 1.165) is 21.1 Å². The van der Waals surface area contributed by atoms with Crippen molar-refractivity contribution < 1.29 is 0 Å². The van der Waals surface area contributed by atoms with Gasteiger partial charge in [0.2, 0.25) is 0 Å². The van der Waals surface area contributed by atoms with Crippen LogP contribution in [0.2, 0.25) is 0 Å². The Hall–Kier alpha value is -0.0200. The van der Waals surface area contributed by atoms with Gasteiger partial charge in [0.05, 0.1) is 0 Å². The minimum atomic E-state index is 0.796. The van der Waals surface area contributed by atoms with Gasteiger partial charge in [-0.2, -0.15) is 0 Å². The lowest BCUT2D eigenvalue weighted by molar-refractivity contribution is 1.13. The minimum absolute atomic E-state index is 0.796. The number of halogens is 2. The number of hydrogen-bond acceptors (Lipinski definition) is 1. The van der Waals surface area contributed by atoms with Crippen LogP contribution in [0.1, 0.15) is 12.5 Å². The summed E-state index contributed by atoms with van der Waals surface area (Å²) in [4.78, 5) is 0. The Labute approximate surface area is 83.2 Å². The van der Waals surface area contributed by atoms with Gasteiger partial charge >= 0.3 is 0 Å². The predicted octanol–water partition coefficient (Wildman–Crippen LogP) is 3.36. The summed E-state index contributed by atoms with van der Waals surface area (Å²) in [6, 6.07) is 3.96. The molecule has 0 fully saturated rings. The van der Waals surface area contributed by atoms with Crippen LogP contribution in [0.4, 0.5) is 5.69 Å². The third kappa shape index (κ3) is 1.97. The fourth-order valence-corrected chi connectivity index (χ4v) is 2.16. The Balaban J connectivity index is 3.21. The fraction of sp³-hybridized carbons (Fsp3) is 0.250. The first kappa shape index (κ1) is 9.07. The van der Waals surface area contributed by atoms with Gasteiger partial charge in [0.25, 0.3) is 0 Å². The van der Waals surface area contributed by atoms with E-state index in [1.165, 1.54) is 5.56 Å². The molecule has 0 aliphatic rings. The van der Waals surface area contributed by atoms with Crippen molar-refractivity contribution in [1.82, 2.24) is 0 Å². The van der Waals surface area contributed by atoms with Gasteiger partial charge in [-0.1, -0.05) is 22.9 Å². The molecule has 0 radical (unpaired) electrons. The average molecular weight is 279 g/mol. The molecule has 1 rings (SSSR count). The van der Waals surface area contributed by atoms with Crippen molar-refractivity contribution in [3.05, 3.63) is 26.6 Å². The van der Waals surface area contributed by atoms with E-state index in [9.17, 15) is 0 Å². The molecule has 0 bridgehead atoms. The van der Waals surface area contributed by atoms with E-state index in [1.807, 2.05) is 12.1 Å². The summed E-state index contributed by atoms with van der Waals surface area (Å²) >= 11 is 6.81. The Morgan fingerprint density at radius 3 is 2.45 bits per heavy atom. The van der Waals surface area contributed by atoms with Gasteiger partial charge in [0.1, 0.15) is 0 Å². The summed E-state index contributed by atoms with van der Waals surface area (Å²) in [5.74, 6) is 0. The molecular formula is C8H9Br2N. The van der Waals surface area contributed by atoms with Gasteiger partial charge in [0.15, 0.2) is 0 Å². The van der Waals surface area contributed by atoms with E-state index >= 15 is 0 Å². The first-order valence-electron chi connectivity index (χ1n) is 3.38. The first-order valence-corrected chi connectivity index (χ1v) is 4.97. The van der Waals surface area contributed by atoms with Crippen molar-refractivity contribution in [3.8, 4) is 0 Å². The molecule has 0 aromatic heterocycles. The molecule has 0 atom stereocenters. The zero-order valence-corrected chi connectivity index (χ0v) is 9.37. The topological polar surface area (TPSA) is 26.0 Å². The van der Waals surface area contributed by atoms with Crippen molar-refractivity contribution in [3.63, 3.8) is 0 Å². The second-order valence-electron chi connectivity index (χ2n) is 2.32. The Bertz CT molecular complexity index is 271. The van der Waals surface area contributed by atoms with Gasteiger partial charge in [0, 0.05) is 14.6 Å². The molecule has 0 heterocycles. The van der Waals surface area contributed by atoms with Crippen molar-refractivity contribution in [1.29, 1.82) is 0 Å². The van der Waals surface area contributed by atoms with Gasteiger partial charge in [-0.25, -0.2) is 0 Å². The largest absolute Gasteiger partial charge is 0.398 e. The molecule has 3 heteroatoms. The van der Waals surface area contributed by atoms with Crippen molar-refractivity contribution in [2.75, 3.05) is 5.73 Å². The number of anilines is 1. The van der Waals surface area contributed by atoms with E-state index in [-0.39, 0.29) is 0 Å².